The second kappa shape index (κ2) is 4.91. The van der Waals surface area contributed by atoms with E-state index < -0.39 is 18.2 Å². The zero-order chi connectivity index (χ0) is 14.0. The maximum absolute atomic E-state index is 12.1. The van der Waals surface area contributed by atoms with E-state index in [4.69, 9.17) is 4.74 Å². The molecule has 0 aliphatic rings. The van der Waals surface area contributed by atoms with Crippen LogP contribution in [0.1, 0.15) is 12.2 Å². The Morgan fingerprint density at radius 3 is 2.74 bits per heavy atom. The molecule has 1 aromatic carbocycles. The Morgan fingerprint density at radius 1 is 1.37 bits per heavy atom. The number of nitrogens with zero attached hydrogens (tertiary/aromatic N) is 1. The van der Waals surface area contributed by atoms with Crippen molar-refractivity contribution in [1.82, 2.24) is 9.97 Å². The van der Waals surface area contributed by atoms with E-state index in [1.807, 2.05) is 0 Å². The minimum Gasteiger partial charge on any atom is -0.497 e. The molecule has 102 valence electrons. The summed E-state index contributed by atoms with van der Waals surface area (Å²) in [5, 5.41) is 0.287. The van der Waals surface area contributed by atoms with Crippen molar-refractivity contribution in [3.63, 3.8) is 0 Å². The third-order valence-corrected chi connectivity index (χ3v) is 2.61. The number of H-pyrrole nitrogens is 1. The highest BCUT2D eigenvalue weighted by Crippen LogP contribution is 2.21. The topological polar surface area (TPSA) is 55.0 Å². The number of fused-ring (bicyclic) bond motifs is 1. The molecule has 1 aromatic heterocycles. The van der Waals surface area contributed by atoms with Gasteiger partial charge in [-0.15, -0.1) is 0 Å². The molecular formula is C12H11F3N2O2. The highest BCUT2D eigenvalue weighted by atomic mass is 19.4. The van der Waals surface area contributed by atoms with Crippen molar-refractivity contribution in [2.24, 2.45) is 0 Å². The quantitative estimate of drug-likeness (QED) is 0.933. The van der Waals surface area contributed by atoms with Crippen molar-refractivity contribution >= 4 is 10.9 Å². The lowest BCUT2D eigenvalue weighted by molar-refractivity contribution is -0.134. The fourth-order valence-corrected chi connectivity index (χ4v) is 1.67. The van der Waals surface area contributed by atoms with Crippen molar-refractivity contribution in [2.75, 3.05) is 7.11 Å². The van der Waals surface area contributed by atoms with Gasteiger partial charge in [-0.25, -0.2) is 4.98 Å². The van der Waals surface area contributed by atoms with Crippen LogP contribution in [0.5, 0.6) is 5.75 Å². The lowest BCUT2D eigenvalue weighted by Crippen LogP contribution is -2.15. The van der Waals surface area contributed by atoms with Crippen LogP contribution in [0.15, 0.2) is 23.0 Å². The van der Waals surface area contributed by atoms with E-state index in [1.54, 1.807) is 12.1 Å². The molecule has 0 radical (unpaired) electrons. The maximum Gasteiger partial charge on any atom is 0.389 e. The molecule has 0 aliphatic carbocycles. The van der Waals surface area contributed by atoms with E-state index in [0.717, 1.165) is 0 Å². The average Bonchev–Trinajstić information content (AvgIpc) is 2.35. The molecule has 1 heterocycles. The van der Waals surface area contributed by atoms with E-state index in [2.05, 4.69) is 9.97 Å². The molecule has 0 amide bonds. The zero-order valence-corrected chi connectivity index (χ0v) is 10.0. The summed E-state index contributed by atoms with van der Waals surface area (Å²) in [6.07, 6.45) is -5.63. The van der Waals surface area contributed by atoms with Crippen LogP contribution in [-0.2, 0) is 6.42 Å². The van der Waals surface area contributed by atoms with Gasteiger partial charge in [0.2, 0.25) is 0 Å². The molecule has 0 saturated heterocycles. The van der Waals surface area contributed by atoms with E-state index in [1.165, 1.54) is 13.2 Å². The van der Waals surface area contributed by atoms with Crippen LogP contribution in [0.3, 0.4) is 0 Å². The molecule has 0 aliphatic heterocycles. The smallest absolute Gasteiger partial charge is 0.389 e. The Kier molecular flexibility index (Phi) is 3.46. The number of methoxy groups -OCH3 is 1. The second-order valence-corrected chi connectivity index (χ2v) is 4.01. The Morgan fingerprint density at radius 2 is 2.11 bits per heavy atom. The largest absolute Gasteiger partial charge is 0.497 e. The van der Waals surface area contributed by atoms with Crippen LogP contribution in [0, 0.1) is 0 Å². The zero-order valence-electron chi connectivity index (χ0n) is 10.0. The molecular weight excluding hydrogens is 261 g/mol. The molecule has 2 rings (SSSR count). The number of rotatable bonds is 3. The molecule has 0 spiro atoms. The van der Waals surface area contributed by atoms with Crippen molar-refractivity contribution in [3.05, 3.63) is 34.4 Å². The minimum atomic E-state index is -4.27. The normalized spacial score (nSPS) is 11.8. The molecule has 0 saturated carbocycles. The van der Waals surface area contributed by atoms with Crippen LogP contribution in [-0.4, -0.2) is 23.3 Å². The van der Waals surface area contributed by atoms with Crippen LogP contribution in [0.2, 0.25) is 0 Å². The number of aromatic nitrogens is 2. The van der Waals surface area contributed by atoms with Crippen molar-refractivity contribution < 1.29 is 17.9 Å². The van der Waals surface area contributed by atoms with Gasteiger partial charge in [-0.2, -0.15) is 13.2 Å². The van der Waals surface area contributed by atoms with Gasteiger partial charge in [-0.1, -0.05) is 0 Å². The first kappa shape index (κ1) is 13.4. The fourth-order valence-electron chi connectivity index (χ4n) is 1.67. The molecule has 7 heteroatoms. The van der Waals surface area contributed by atoms with Gasteiger partial charge in [0.05, 0.1) is 24.4 Å². The highest BCUT2D eigenvalue weighted by Gasteiger charge is 2.27. The number of hydrogen-bond acceptors (Lipinski definition) is 3. The summed E-state index contributed by atoms with van der Waals surface area (Å²) in [6, 6.07) is 4.64. The lowest BCUT2D eigenvalue weighted by atomic mass is 10.2. The Balaban J connectivity index is 2.37. The number of nitrogens with one attached hydrogen (secondary N) is 1. The first-order chi connectivity index (χ1) is 8.89. The predicted molar refractivity (Wildman–Crippen MR) is 63.3 cm³/mol. The van der Waals surface area contributed by atoms with Crippen LogP contribution in [0.25, 0.3) is 10.9 Å². The third kappa shape index (κ3) is 3.24. The predicted octanol–water partition coefficient (Wildman–Crippen LogP) is 2.43. The van der Waals surface area contributed by atoms with Gasteiger partial charge in [0.1, 0.15) is 11.6 Å². The first-order valence-corrected chi connectivity index (χ1v) is 5.53. The van der Waals surface area contributed by atoms with Crippen molar-refractivity contribution in [3.8, 4) is 5.75 Å². The number of halogens is 3. The van der Waals surface area contributed by atoms with E-state index in [0.29, 0.717) is 11.3 Å². The summed E-state index contributed by atoms with van der Waals surface area (Å²) in [5.41, 5.74) is -0.122. The molecule has 0 fully saturated rings. The highest BCUT2D eigenvalue weighted by molar-refractivity contribution is 5.79. The summed E-state index contributed by atoms with van der Waals surface area (Å²) >= 11 is 0. The van der Waals surface area contributed by atoms with E-state index in [-0.39, 0.29) is 17.6 Å². The minimum absolute atomic E-state index is 0.0278. The lowest BCUT2D eigenvalue weighted by Gasteiger charge is -2.07. The summed E-state index contributed by atoms with van der Waals surface area (Å²) in [6.45, 7) is 0. The third-order valence-electron chi connectivity index (χ3n) is 2.61. The molecule has 1 N–H and O–H groups in total. The standard InChI is InChI=1S/C12H11F3N2O2/c1-19-7-2-3-9-8(6-7)11(18)17-10(16-9)4-5-12(13,14)15/h2-3,6H,4-5H2,1H3,(H,16,17,18). The molecule has 4 nitrogen and oxygen atoms in total. The molecule has 19 heavy (non-hydrogen) atoms. The average molecular weight is 272 g/mol. The number of alkyl halides is 3. The first-order valence-electron chi connectivity index (χ1n) is 5.53. The summed E-state index contributed by atoms with van der Waals surface area (Å²) < 4.78 is 41.3. The van der Waals surface area contributed by atoms with Gasteiger partial charge >= 0.3 is 6.18 Å². The molecule has 0 atom stereocenters. The van der Waals surface area contributed by atoms with Gasteiger partial charge in [0.25, 0.3) is 5.56 Å². The Bertz CT molecular complexity index is 649. The number of aryl methyl sites for hydroxylation is 1. The molecule has 0 bridgehead atoms. The Hall–Kier alpha value is -2.05. The van der Waals surface area contributed by atoms with Gasteiger partial charge in [-0.3, -0.25) is 4.79 Å². The summed E-state index contributed by atoms with van der Waals surface area (Å²) in [7, 11) is 1.46. The monoisotopic (exact) mass is 272 g/mol. The summed E-state index contributed by atoms with van der Waals surface area (Å²) in [4.78, 5) is 18.1. The van der Waals surface area contributed by atoms with Crippen LogP contribution < -0.4 is 10.3 Å². The SMILES string of the molecule is COc1ccc2nc(CCC(F)(F)F)[nH]c(=O)c2c1. The van der Waals surface area contributed by atoms with Gasteiger partial charge < -0.3 is 9.72 Å². The van der Waals surface area contributed by atoms with Gasteiger partial charge in [-0.05, 0) is 18.2 Å². The van der Waals surface area contributed by atoms with Gasteiger partial charge in [0, 0.05) is 6.42 Å². The van der Waals surface area contributed by atoms with Crippen molar-refractivity contribution in [1.29, 1.82) is 0 Å². The summed E-state index contributed by atoms with van der Waals surface area (Å²) in [5.74, 6) is 0.517. The van der Waals surface area contributed by atoms with Gasteiger partial charge in [0.15, 0.2) is 0 Å². The Labute approximate surface area is 106 Å². The maximum atomic E-state index is 12.1. The van der Waals surface area contributed by atoms with Crippen molar-refractivity contribution in [2.45, 2.75) is 19.0 Å². The van der Waals surface area contributed by atoms with E-state index in [9.17, 15) is 18.0 Å². The fraction of sp³-hybridized carbons (Fsp3) is 0.333. The van der Waals surface area contributed by atoms with E-state index >= 15 is 0 Å². The van der Waals surface area contributed by atoms with Crippen LogP contribution in [0.4, 0.5) is 13.2 Å². The number of benzene rings is 1. The molecule has 2 aromatic rings. The number of aromatic amines is 1. The number of ether oxygens (including phenoxy) is 1. The molecule has 0 unspecified atom stereocenters. The second-order valence-electron chi connectivity index (χ2n) is 4.01. The number of hydrogen-bond donors (Lipinski definition) is 1. The van der Waals surface area contributed by atoms with Crippen LogP contribution >= 0.6 is 0 Å².